The monoisotopic (exact) mass is 283 g/mol. The number of hydrogen-bond donors (Lipinski definition) is 1. The Kier molecular flexibility index (Phi) is 3.35. The maximum absolute atomic E-state index is 6.04. The van der Waals surface area contributed by atoms with Crippen LogP contribution in [0, 0.1) is 0 Å². The van der Waals surface area contributed by atoms with Crippen molar-refractivity contribution in [2.45, 2.75) is 0 Å². The van der Waals surface area contributed by atoms with E-state index in [-0.39, 0.29) is 0 Å². The van der Waals surface area contributed by atoms with Crippen LogP contribution in [0.15, 0.2) is 48.5 Å². The Morgan fingerprint density at radius 2 is 1.75 bits per heavy atom. The van der Waals surface area contributed by atoms with Crippen molar-refractivity contribution in [3.8, 4) is 26.9 Å². The molecule has 0 fully saturated rings. The highest BCUT2D eigenvalue weighted by Gasteiger charge is 2.11. The van der Waals surface area contributed by atoms with Gasteiger partial charge in [-0.3, -0.25) is 0 Å². The first-order valence-corrected chi connectivity index (χ1v) is 6.92. The van der Waals surface area contributed by atoms with Crippen molar-refractivity contribution in [2.75, 3.05) is 12.8 Å². The van der Waals surface area contributed by atoms with E-state index in [1.54, 1.807) is 13.2 Å². The first kappa shape index (κ1) is 12.6. The molecule has 0 unspecified atom stereocenters. The van der Waals surface area contributed by atoms with Crippen LogP contribution in [-0.2, 0) is 0 Å². The minimum atomic E-state index is 0.639. The number of nitrogen functional groups attached to an aromatic ring is 1. The third kappa shape index (κ3) is 2.35. The molecule has 2 N–H and O–H groups in total. The molecule has 0 saturated heterocycles. The van der Waals surface area contributed by atoms with Gasteiger partial charge >= 0.3 is 0 Å². The van der Waals surface area contributed by atoms with Crippen LogP contribution in [0.2, 0.25) is 0 Å². The Labute approximate surface area is 120 Å². The molecule has 5 heteroatoms. The number of anilines is 1. The molecular formula is C15H13N3OS. The van der Waals surface area contributed by atoms with Gasteiger partial charge in [-0.2, -0.15) is 0 Å². The standard InChI is InChI=1S/C15H13N3OS/c1-19-11-7-8-12(13(16)9-11)15-18-17-14(20-15)10-5-3-2-4-6-10/h2-9H,16H2,1H3. The van der Waals surface area contributed by atoms with Crippen molar-refractivity contribution in [3.63, 3.8) is 0 Å². The van der Waals surface area contributed by atoms with Gasteiger partial charge in [0.05, 0.1) is 7.11 Å². The van der Waals surface area contributed by atoms with Crippen LogP contribution in [-0.4, -0.2) is 17.3 Å². The molecule has 0 spiro atoms. The maximum Gasteiger partial charge on any atom is 0.150 e. The van der Waals surface area contributed by atoms with E-state index in [0.29, 0.717) is 5.69 Å². The van der Waals surface area contributed by atoms with Crippen LogP contribution >= 0.6 is 11.3 Å². The number of hydrogen-bond acceptors (Lipinski definition) is 5. The summed E-state index contributed by atoms with van der Waals surface area (Å²) in [5.41, 5.74) is 8.61. The second kappa shape index (κ2) is 5.30. The Morgan fingerprint density at radius 1 is 1.00 bits per heavy atom. The number of aromatic nitrogens is 2. The van der Waals surface area contributed by atoms with Gasteiger partial charge in [-0.25, -0.2) is 0 Å². The Bertz CT molecular complexity index is 725. The molecule has 0 aliphatic carbocycles. The van der Waals surface area contributed by atoms with Gasteiger partial charge in [0.25, 0.3) is 0 Å². The number of rotatable bonds is 3. The van der Waals surface area contributed by atoms with E-state index in [4.69, 9.17) is 10.5 Å². The molecule has 2 aromatic carbocycles. The fourth-order valence-corrected chi connectivity index (χ4v) is 2.79. The molecular weight excluding hydrogens is 270 g/mol. The third-order valence-corrected chi connectivity index (χ3v) is 3.94. The van der Waals surface area contributed by atoms with E-state index in [1.807, 2.05) is 42.5 Å². The first-order valence-electron chi connectivity index (χ1n) is 6.11. The van der Waals surface area contributed by atoms with Gasteiger partial charge in [-0.05, 0) is 12.1 Å². The zero-order chi connectivity index (χ0) is 13.9. The molecule has 0 bridgehead atoms. The first-order chi connectivity index (χ1) is 9.78. The summed E-state index contributed by atoms with van der Waals surface area (Å²) in [5, 5.41) is 10.1. The second-order valence-corrected chi connectivity index (χ2v) is 5.21. The van der Waals surface area contributed by atoms with E-state index >= 15 is 0 Å². The summed E-state index contributed by atoms with van der Waals surface area (Å²) < 4.78 is 5.15. The molecule has 3 aromatic rings. The number of benzene rings is 2. The van der Waals surface area contributed by atoms with Gasteiger partial charge < -0.3 is 10.5 Å². The minimum absolute atomic E-state index is 0.639. The number of nitrogens with two attached hydrogens (primary N) is 1. The lowest BCUT2D eigenvalue weighted by Crippen LogP contribution is -1.91. The third-order valence-electron chi connectivity index (χ3n) is 2.93. The van der Waals surface area contributed by atoms with E-state index in [0.717, 1.165) is 26.9 Å². The molecule has 0 aliphatic heterocycles. The molecule has 20 heavy (non-hydrogen) atoms. The highest BCUT2D eigenvalue weighted by molar-refractivity contribution is 7.18. The molecule has 0 atom stereocenters. The van der Waals surface area contributed by atoms with Crippen molar-refractivity contribution in [1.82, 2.24) is 10.2 Å². The van der Waals surface area contributed by atoms with Crippen molar-refractivity contribution in [1.29, 1.82) is 0 Å². The molecule has 1 aromatic heterocycles. The quantitative estimate of drug-likeness (QED) is 0.748. The van der Waals surface area contributed by atoms with E-state index in [1.165, 1.54) is 11.3 Å². The average molecular weight is 283 g/mol. The molecule has 0 saturated carbocycles. The van der Waals surface area contributed by atoms with Crippen LogP contribution in [0.4, 0.5) is 5.69 Å². The number of methoxy groups -OCH3 is 1. The highest BCUT2D eigenvalue weighted by atomic mass is 32.1. The summed E-state index contributed by atoms with van der Waals surface area (Å²) in [6.07, 6.45) is 0. The second-order valence-electron chi connectivity index (χ2n) is 4.23. The molecule has 4 nitrogen and oxygen atoms in total. The Morgan fingerprint density at radius 3 is 2.45 bits per heavy atom. The topological polar surface area (TPSA) is 61.0 Å². The molecule has 0 amide bonds. The normalized spacial score (nSPS) is 10.4. The summed E-state index contributed by atoms with van der Waals surface area (Å²) >= 11 is 1.52. The summed E-state index contributed by atoms with van der Waals surface area (Å²) in [6, 6.07) is 15.5. The largest absolute Gasteiger partial charge is 0.497 e. The van der Waals surface area contributed by atoms with Gasteiger partial charge in [-0.15, -0.1) is 10.2 Å². The van der Waals surface area contributed by atoms with E-state index in [9.17, 15) is 0 Å². The lowest BCUT2D eigenvalue weighted by molar-refractivity contribution is 0.415. The number of ether oxygens (including phenoxy) is 1. The van der Waals surface area contributed by atoms with Gasteiger partial charge in [0.2, 0.25) is 0 Å². The van der Waals surface area contributed by atoms with Crippen molar-refractivity contribution < 1.29 is 4.74 Å². The summed E-state index contributed by atoms with van der Waals surface area (Å²) in [7, 11) is 1.62. The fourth-order valence-electron chi connectivity index (χ4n) is 1.89. The van der Waals surface area contributed by atoms with Crippen LogP contribution in [0.1, 0.15) is 0 Å². The predicted molar refractivity (Wildman–Crippen MR) is 81.7 cm³/mol. The number of nitrogens with zero attached hydrogens (tertiary/aromatic N) is 2. The van der Waals surface area contributed by atoms with Gasteiger partial charge in [0.15, 0.2) is 0 Å². The maximum atomic E-state index is 6.04. The van der Waals surface area contributed by atoms with Crippen molar-refractivity contribution >= 4 is 17.0 Å². The smallest absolute Gasteiger partial charge is 0.150 e. The van der Waals surface area contributed by atoms with E-state index < -0.39 is 0 Å². The van der Waals surface area contributed by atoms with Crippen molar-refractivity contribution in [2.24, 2.45) is 0 Å². The molecule has 100 valence electrons. The lowest BCUT2D eigenvalue weighted by atomic mass is 10.2. The van der Waals surface area contributed by atoms with Gasteiger partial charge in [-0.1, -0.05) is 41.7 Å². The highest BCUT2D eigenvalue weighted by Crippen LogP contribution is 2.34. The van der Waals surface area contributed by atoms with E-state index in [2.05, 4.69) is 10.2 Å². The zero-order valence-electron chi connectivity index (χ0n) is 10.9. The van der Waals surface area contributed by atoms with Gasteiger partial charge in [0, 0.05) is 22.9 Å². The fraction of sp³-hybridized carbons (Fsp3) is 0.0667. The van der Waals surface area contributed by atoms with Crippen LogP contribution in [0.5, 0.6) is 5.75 Å². The molecule has 0 aliphatic rings. The Hall–Kier alpha value is -2.40. The minimum Gasteiger partial charge on any atom is -0.497 e. The zero-order valence-corrected chi connectivity index (χ0v) is 11.7. The molecule has 3 rings (SSSR count). The molecule has 1 heterocycles. The SMILES string of the molecule is COc1ccc(-c2nnc(-c3ccccc3)s2)c(N)c1. The predicted octanol–water partition coefficient (Wildman–Crippen LogP) is 3.46. The van der Waals surface area contributed by atoms with Gasteiger partial charge in [0.1, 0.15) is 15.8 Å². The average Bonchev–Trinajstić information content (AvgIpc) is 2.97. The van der Waals surface area contributed by atoms with Crippen LogP contribution in [0.3, 0.4) is 0 Å². The molecule has 0 radical (unpaired) electrons. The summed E-state index contributed by atoms with van der Waals surface area (Å²) in [4.78, 5) is 0. The summed E-state index contributed by atoms with van der Waals surface area (Å²) in [5.74, 6) is 0.735. The van der Waals surface area contributed by atoms with Crippen molar-refractivity contribution in [3.05, 3.63) is 48.5 Å². The summed E-state index contributed by atoms with van der Waals surface area (Å²) in [6.45, 7) is 0. The van der Waals surface area contributed by atoms with Crippen LogP contribution < -0.4 is 10.5 Å². The Balaban J connectivity index is 1.98. The lowest BCUT2D eigenvalue weighted by Gasteiger charge is -2.04. The van der Waals surface area contributed by atoms with Crippen LogP contribution in [0.25, 0.3) is 21.1 Å².